The summed E-state index contributed by atoms with van der Waals surface area (Å²) in [5.74, 6) is 0.665. The van der Waals surface area contributed by atoms with E-state index >= 15 is 4.39 Å². The first-order valence-corrected chi connectivity index (χ1v) is 10.3. The minimum Gasteiger partial charge on any atom is -0.508 e. The van der Waals surface area contributed by atoms with Crippen LogP contribution in [0.3, 0.4) is 0 Å². The van der Waals surface area contributed by atoms with Gasteiger partial charge in [0.15, 0.2) is 11.6 Å². The number of ether oxygens (including phenoxy) is 1. The van der Waals surface area contributed by atoms with E-state index in [0.29, 0.717) is 18.1 Å². The molecule has 1 unspecified atom stereocenters. The molecule has 0 radical (unpaired) electrons. The van der Waals surface area contributed by atoms with E-state index in [-0.39, 0.29) is 17.7 Å². The highest BCUT2D eigenvalue weighted by molar-refractivity contribution is 5.52. The van der Waals surface area contributed by atoms with Crippen LogP contribution in [0.1, 0.15) is 65.5 Å². The van der Waals surface area contributed by atoms with Crippen LogP contribution >= 0.6 is 0 Å². The number of halogens is 1. The van der Waals surface area contributed by atoms with Crippen molar-refractivity contribution in [3.63, 3.8) is 0 Å². The molecule has 0 saturated carbocycles. The van der Waals surface area contributed by atoms with Gasteiger partial charge in [-0.05, 0) is 71.7 Å². The maximum Gasteiger partial charge on any atom is 0.165 e. The van der Waals surface area contributed by atoms with Gasteiger partial charge in [0.25, 0.3) is 0 Å². The van der Waals surface area contributed by atoms with Gasteiger partial charge in [-0.15, -0.1) is 0 Å². The molecule has 0 bridgehead atoms. The molecular weight excluding hydrogens is 363 g/mol. The van der Waals surface area contributed by atoms with Gasteiger partial charge in [-0.3, -0.25) is 0 Å². The van der Waals surface area contributed by atoms with Crippen LogP contribution < -0.4 is 4.74 Å². The fraction of sp³-hybridized carbons (Fsp3) is 0.308. The number of aromatic hydroxyl groups is 1. The molecule has 0 aromatic heterocycles. The molecule has 0 heterocycles. The standard InChI is InChI=1S/C26H27FO2/c1-16(2)23-13-20(22-10-9-19-12-21(28)11-17(3)25(19)22)14-24(27)26(23)29-15-18-7-5-4-6-8-18/h4-8,11-14,16,22,28H,9-10,15H2,1-3H3. The predicted octanol–water partition coefficient (Wildman–Crippen LogP) is 6.62. The summed E-state index contributed by atoms with van der Waals surface area (Å²) >= 11 is 0. The molecule has 3 aromatic rings. The number of benzene rings is 3. The Hall–Kier alpha value is -2.81. The Morgan fingerprint density at radius 3 is 2.59 bits per heavy atom. The summed E-state index contributed by atoms with van der Waals surface area (Å²) in [4.78, 5) is 0. The first-order chi connectivity index (χ1) is 13.9. The van der Waals surface area contributed by atoms with Crippen LogP contribution in [0.15, 0.2) is 54.6 Å². The van der Waals surface area contributed by atoms with E-state index in [4.69, 9.17) is 4.74 Å². The maximum absolute atomic E-state index is 15.2. The van der Waals surface area contributed by atoms with E-state index in [1.54, 1.807) is 12.1 Å². The SMILES string of the molecule is Cc1cc(O)cc2c1C(c1cc(F)c(OCc3ccccc3)c(C(C)C)c1)CC2. The van der Waals surface area contributed by atoms with Crippen molar-refractivity contribution in [2.45, 2.75) is 52.1 Å². The highest BCUT2D eigenvalue weighted by Crippen LogP contribution is 2.44. The predicted molar refractivity (Wildman–Crippen MR) is 114 cm³/mol. The number of phenols is 1. The first kappa shape index (κ1) is 19.5. The van der Waals surface area contributed by atoms with Gasteiger partial charge >= 0.3 is 0 Å². The van der Waals surface area contributed by atoms with Crippen molar-refractivity contribution >= 4 is 0 Å². The van der Waals surface area contributed by atoms with Gasteiger partial charge in [-0.2, -0.15) is 0 Å². The zero-order valence-electron chi connectivity index (χ0n) is 17.2. The molecule has 4 rings (SSSR count). The summed E-state index contributed by atoms with van der Waals surface area (Å²) in [6.07, 6.45) is 1.83. The Morgan fingerprint density at radius 2 is 1.86 bits per heavy atom. The second kappa shape index (κ2) is 7.90. The van der Waals surface area contributed by atoms with E-state index in [1.165, 1.54) is 11.1 Å². The van der Waals surface area contributed by atoms with E-state index in [0.717, 1.165) is 35.1 Å². The van der Waals surface area contributed by atoms with Gasteiger partial charge in [0.1, 0.15) is 12.4 Å². The molecule has 0 fully saturated rings. The zero-order valence-corrected chi connectivity index (χ0v) is 17.2. The summed E-state index contributed by atoms with van der Waals surface area (Å²) in [6.45, 7) is 6.51. The van der Waals surface area contributed by atoms with Crippen molar-refractivity contribution in [3.05, 3.63) is 93.8 Å². The van der Waals surface area contributed by atoms with Crippen molar-refractivity contribution in [3.8, 4) is 11.5 Å². The quantitative estimate of drug-likeness (QED) is 0.530. The van der Waals surface area contributed by atoms with Crippen LogP contribution in [0.5, 0.6) is 11.5 Å². The highest BCUT2D eigenvalue weighted by atomic mass is 19.1. The van der Waals surface area contributed by atoms with E-state index < -0.39 is 0 Å². The van der Waals surface area contributed by atoms with E-state index in [1.807, 2.05) is 43.3 Å². The Bertz CT molecular complexity index is 1020. The summed E-state index contributed by atoms with van der Waals surface area (Å²) in [5, 5.41) is 9.91. The molecule has 0 saturated heterocycles. The van der Waals surface area contributed by atoms with Gasteiger partial charge in [0.2, 0.25) is 0 Å². The average molecular weight is 390 g/mol. The lowest BCUT2D eigenvalue weighted by Gasteiger charge is -2.21. The normalized spacial score (nSPS) is 15.6. The van der Waals surface area contributed by atoms with Crippen LogP contribution in [-0.2, 0) is 13.0 Å². The van der Waals surface area contributed by atoms with Crippen LogP contribution in [-0.4, -0.2) is 5.11 Å². The van der Waals surface area contributed by atoms with Crippen molar-refractivity contribution in [2.75, 3.05) is 0 Å². The summed E-state index contributed by atoms with van der Waals surface area (Å²) in [6, 6.07) is 17.2. The summed E-state index contributed by atoms with van der Waals surface area (Å²) in [7, 11) is 0. The Kier molecular flexibility index (Phi) is 5.31. The highest BCUT2D eigenvalue weighted by Gasteiger charge is 2.28. The number of rotatable bonds is 5. The molecule has 1 aliphatic carbocycles. The molecule has 3 heteroatoms. The molecule has 1 atom stereocenters. The van der Waals surface area contributed by atoms with Gasteiger partial charge in [-0.1, -0.05) is 50.2 Å². The molecule has 1 N–H and O–H groups in total. The number of hydrogen-bond donors (Lipinski definition) is 1. The van der Waals surface area contributed by atoms with Crippen molar-refractivity contribution < 1.29 is 14.2 Å². The maximum atomic E-state index is 15.2. The molecule has 3 aromatic carbocycles. The lowest BCUT2D eigenvalue weighted by atomic mass is 9.87. The molecular formula is C26H27FO2. The zero-order chi connectivity index (χ0) is 20.5. The Balaban J connectivity index is 1.69. The smallest absolute Gasteiger partial charge is 0.165 e. The van der Waals surface area contributed by atoms with E-state index in [2.05, 4.69) is 19.9 Å². The fourth-order valence-electron chi connectivity index (χ4n) is 4.48. The number of fused-ring (bicyclic) bond motifs is 1. The van der Waals surface area contributed by atoms with Crippen molar-refractivity contribution in [1.82, 2.24) is 0 Å². The van der Waals surface area contributed by atoms with Gasteiger partial charge in [0.05, 0.1) is 0 Å². The molecule has 150 valence electrons. The second-order valence-electron chi connectivity index (χ2n) is 8.28. The topological polar surface area (TPSA) is 29.5 Å². The minimum atomic E-state index is -0.299. The number of aryl methyl sites for hydroxylation is 2. The molecule has 0 amide bonds. The molecule has 1 aliphatic rings. The molecule has 29 heavy (non-hydrogen) atoms. The van der Waals surface area contributed by atoms with Crippen LogP contribution in [0.4, 0.5) is 4.39 Å². The number of hydrogen-bond acceptors (Lipinski definition) is 2. The van der Waals surface area contributed by atoms with E-state index in [9.17, 15) is 5.11 Å². The fourth-order valence-corrected chi connectivity index (χ4v) is 4.48. The largest absolute Gasteiger partial charge is 0.508 e. The third-order valence-electron chi connectivity index (χ3n) is 5.85. The van der Waals surface area contributed by atoms with Crippen molar-refractivity contribution in [1.29, 1.82) is 0 Å². The summed E-state index contributed by atoms with van der Waals surface area (Å²) in [5.41, 5.74) is 6.38. The minimum absolute atomic E-state index is 0.150. The first-order valence-electron chi connectivity index (χ1n) is 10.3. The van der Waals surface area contributed by atoms with Crippen molar-refractivity contribution in [2.24, 2.45) is 0 Å². The third kappa shape index (κ3) is 3.87. The van der Waals surface area contributed by atoms with Crippen LogP contribution in [0.2, 0.25) is 0 Å². The molecule has 0 spiro atoms. The van der Waals surface area contributed by atoms with Gasteiger partial charge in [0, 0.05) is 11.5 Å². The Morgan fingerprint density at radius 1 is 1.10 bits per heavy atom. The monoisotopic (exact) mass is 390 g/mol. The van der Waals surface area contributed by atoms with Gasteiger partial charge in [-0.25, -0.2) is 4.39 Å². The number of phenolic OH excluding ortho intramolecular Hbond substituents is 1. The molecule has 0 aliphatic heterocycles. The van der Waals surface area contributed by atoms with Crippen LogP contribution in [0.25, 0.3) is 0 Å². The lowest BCUT2D eigenvalue weighted by Crippen LogP contribution is -2.06. The Labute approximate surface area is 172 Å². The third-order valence-corrected chi connectivity index (χ3v) is 5.85. The summed E-state index contributed by atoms with van der Waals surface area (Å²) < 4.78 is 21.1. The van der Waals surface area contributed by atoms with Gasteiger partial charge < -0.3 is 9.84 Å². The molecule has 2 nitrogen and oxygen atoms in total. The second-order valence-corrected chi connectivity index (χ2v) is 8.28. The lowest BCUT2D eigenvalue weighted by molar-refractivity contribution is 0.285. The average Bonchev–Trinajstić information content (AvgIpc) is 3.11. The van der Waals surface area contributed by atoms with Crippen LogP contribution in [0, 0.1) is 12.7 Å².